The van der Waals surface area contributed by atoms with Crippen LogP contribution in [0.15, 0.2) is 30.3 Å². The molecule has 0 aliphatic carbocycles. The van der Waals surface area contributed by atoms with Crippen LogP contribution in [-0.4, -0.2) is 53.7 Å². The van der Waals surface area contributed by atoms with Gasteiger partial charge in [-0.2, -0.15) is 5.43 Å². The number of nitrogens with one attached hydrogen (secondary N) is 3. The Balaban J connectivity index is 2.04. The van der Waals surface area contributed by atoms with Crippen molar-refractivity contribution in [3.8, 4) is 0 Å². The van der Waals surface area contributed by atoms with Crippen molar-refractivity contribution < 1.29 is 28.7 Å². The highest BCUT2D eigenvalue weighted by Crippen LogP contribution is 2.15. The molecule has 10 heteroatoms. The molecule has 1 fully saturated rings. The zero-order valence-corrected chi connectivity index (χ0v) is 21.9. The minimum atomic E-state index is -1.18. The van der Waals surface area contributed by atoms with Crippen molar-refractivity contribution in [3.63, 3.8) is 0 Å². The van der Waals surface area contributed by atoms with E-state index in [1.165, 1.54) is 5.01 Å². The summed E-state index contributed by atoms with van der Waals surface area (Å²) in [5, 5.41) is 6.69. The second-order valence-corrected chi connectivity index (χ2v) is 9.88. The van der Waals surface area contributed by atoms with Gasteiger partial charge in [-0.1, -0.05) is 71.4 Å². The van der Waals surface area contributed by atoms with Gasteiger partial charge >= 0.3 is 12.2 Å². The van der Waals surface area contributed by atoms with Crippen LogP contribution in [-0.2, 0) is 25.7 Å². The SMILES string of the molecule is CCCCN1NC(C(=O)[C@H](CC(C)C)NC(=O)[C@H](CC(C)C)NC(=O)OCc2ccccc2)OC1=O. The highest BCUT2D eigenvalue weighted by molar-refractivity contribution is 5.95. The molecule has 1 heterocycles. The van der Waals surface area contributed by atoms with Crippen molar-refractivity contribution in [2.24, 2.45) is 11.8 Å². The van der Waals surface area contributed by atoms with Crippen LogP contribution in [0.1, 0.15) is 65.9 Å². The Morgan fingerprint density at radius 1 is 1.03 bits per heavy atom. The molecule has 2 rings (SSSR count). The van der Waals surface area contributed by atoms with E-state index in [1.807, 2.05) is 65.0 Å². The molecular weight excluding hydrogens is 464 g/mol. The number of hydrogen-bond acceptors (Lipinski definition) is 7. The number of carbonyl (C=O) groups is 4. The van der Waals surface area contributed by atoms with E-state index in [-0.39, 0.29) is 18.4 Å². The van der Waals surface area contributed by atoms with Crippen LogP contribution in [0.2, 0.25) is 0 Å². The van der Waals surface area contributed by atoms with Crippen LogP contribution in [0, 0.1) is 11.8 Å². The number of Topliss-reactive ketones (excluding diaryl/α,β-unsaturated/α-hetero) is 1. The second-order valence-electron chi connectivity index (χ2n) is 9.88. The van der Waals surface area contributed by atoms with Gasteiger partial charge in [-0.25, -0.2) is 14.6 Å². The number of rotatable bonds is 14. The van der Waals surface area contributed by atoms with Crippen molar-refractivity contribution in [1.29, 1.82) is 0 Å². The number of benzene rings is 1. The number of amides is 3. The maximum atomic E-state index is 13.2. The van der Waals surface area contributed by atoms with Gasteiger partial charge in [-0.3, -0.25) is 9.59 Å². The van der Waals surface area contributed by atoms with Crippen molar-refractivity contribution in [2.45, 2.75) is 85.2 Å². The summed E-state index contributed by atoms with van der Waals surface area (Å²) in [7, 11) is 0. The number of alkyl carbamates (subject to hydrolysis) is 1. The molecule has 0 radical (unpaired) electrons. The minimum absolute atomic E-state index is 0.0738. The van der Waals surface area contributed by atoms with Crippen molar-refractivity contribution in [1.82, 2.24) is 21.1 Å². The standard InChI is InChI=1S/C26H40N4O6/c1-6-7-13-30-26(34)36-24(29-30)22(31)20(14-17(2)3)27-23(32)21(15-18(4)5)28-25(33)35-16-19-11-9-8-10-12-19/h8-12,17-18,20-21,24,29H,6-7,13-16H2,1-5H3,(H,27,32)(H,28,33)/t20-,21-,24?/m0/s1. The largest absolute Gasteiger partial charge is 0.445 e. The van der Waals surface area contributed by atoms with E-state index in [2.05, 4.69) is 16.1 Å². The molecular formula is C26H40N4O6. The normalized spacial score (nSPS) is 17.0. The average molecular weight is 505 g/mol. The van der Waals surface area contributed by atoms with Gasteiger partial charge in [0.1, 0.15) is 12.6 Å². The highest BCUT2D eigenvalue weighted by Gasteiger charge is 2.39. The van der Waals surface area contributed by atoms with Crippen LogP contribution in [0.25, 0.3) is 0 Å². The molecule has 3 N–H and O–H groups in total. The first-order chi connectivity index (χ1) is 17.1. The molecule has 200 valence electrons. The molecule has 36 heavy (non-hydrogen) atoms. The quantitative estimate of drug-likeness (QED) is 0.354. The number of carbonyl (C=O) groups excluding carboxylic acids is 4. The summed E-state index contributed by atoms with van der Waals surface area (Å²) in [6.45, 7) is 10.2. The maximum absolute atomic E-state index is 13.2. The van der Waals surface area contributed by atoms with Crippen LogP contribution in [0.4, 0.5) is 9.59 Å². The number of cyclic esters (lactones) is 1. The van der Waals surface area contributed by atoms with Crippen LogP contribution >= 0.6 is 0 Å². The smallest absolute Gasteiger partial charge is 0.426 e. The third-order valence-electron chi connectivity index (χ3n) is 5.60. The third-order valence-corrected chi connectivity index (χ3v) is 5.60. The minimum Gasteiger partial charge on any atom is -0.445 e. The van der Waals surface area contributed by atoms with E-state index in [0.717, 1.165) is 18.4 Å². The fourth-order valence-corrected chi connectivity index (χ4v) is 3.76. The molecule has 1 aromatic rings. The number of hydrogen-bond donors (Lipinski definition) is 3. The lowest BCUT2D eigenvalue weighted by Crippen LogP contribution is -2.55. The fourth-order valence-electron chi connectivity index (χ4n) is 3.76. The lowest BCUT2D eigenvalue weighted by atomic mass is 9.97. The zero-order chi connectivity index (χ0) is 26.7. The van der Waals surface area contributed by atoms with Crippen LogP contribution in [0.3, 0.4) is 0 Å². The van der Waals surface area contributed by atoms with Gasteiger partial charge in [-0.05, 0) is 36.7 Å². The fraction of sp³-hybridized carbons (Fsp3) is 0.615. The number of nitrogens with zero attached hydrogens (tertiary/aromatic N) is 1. The van der Waals surface area contributed by atoms with Crippen molar-refractivity contribution in [2.75, 3.05) is 6.54 Å². The van der Waals surface area contributed by atoms with E-state index < -0.39 is 42.2 Å². The first-order valence-electron chi connectivity index (χ1n) is 12.7. The highest BCUT2D eigenvalue weighted by atomic mass is 16.6. The van der Waals surface area contributed by atoms with Gasteiger partial charge in [0.25, 0.3) is 0 Å². The Bertz CT molecular complexity index is 876. The maximum Gasteiger partial charge on any atom is 0.426 e. The Labute approximate surface area is 213 Å². The molecule has 1 aliphatic heterocycles. The van der Waals surface area contributed by atoms with Crippen LogP contribution < -0.4 is 16.1 Å². The van der Waals surface area contributed by atoms with Crippen molar-refractivity contribution in [3.05, 3.63) is 35.9 Å². The molecule has 1 unspecified atom stereocenters. The number of ether oxygens (including phenoxy) is 2. The average Bonchev–Trinajstić information content (AvgIpc) is 3.20. The predicted octanol–water partition coefficient (Wildman–Crippen LogP) is 3.51. The van der Waals surface area contributed by atoms with Gasteiger partial charge in [0, 0.05) is 6.54 Å². The number of unbranched alkanes of at least 4 members (excludes halogenated alkanes) is 1. The summed E-state index contributed by atoms with van der Waals surface area (Å²) < 4.78 is 10.5. The first kappa shape index (κ1) is 29.1. The lowest BCUT2D eigenvalue weighted by molar-refractivity contribution is -0.134. The second kappa shape index (κ2) is 14.4. The summed E-state index contributed by atoms with van der Waals surface area (Å²) in [5.41, 5.74) is 3.62. The Hall–Kier alpha value is -3.14. The molecule has 0 saturated carbocycles. The third kappa shape index (κ3) is 9.49. The van der Waals surface area contributed by atoms with E-state index in [0.29, 0.717) is 19.4 Å². The van der Waals surface area contributed by atoms with Gasteiger partial charge in [0.05, 0.1) is 6.04 Å². The van der Waals surface area contributed by atoms with Gasteiger partial charge < -0.3 is 20.1 Å². The van der Waals surface area contributed by atoms with Gasteiger partial charge in [0.15, 0.2) is 0 Å². The van der Waals surface area contributed by atoms with Gasteiger partial charge in [0.2, 0.25) is 17.9 Å². The summed E-state index contributed by atoms with van der Waals surface area (Å²) in [5.74, 6) is -0.759. The Kier molecular flexibility index (Phi) is 11.7. The monoisotopic (exact) mass is 504 g/mol. The van der Waals surface area contributed by atoms with E-state index in [9.17, 15) is 19.2 Å². The predicted molar refractivity (Wildman–Crippen MR) is 134 cm³/mol. The number of hydrazine groups is 1. The van der Waals surface area contributed by atoms with E-state index in [4.69, 9.17) is 9.47 Å². The Morgan fingerprint density at radius 3 is 2.28 bits per heavy atom. The summed E-state index contributed by atoms with van der Waals surface area (Å²) in [4.78, 5) is 51.0. The first-order valence-corrected chi connectivity index (χ1v) is 12.7. The van der Waals surface area contributed by atoms with E-state index in [1.54, 1.807) is 0 Å². The van der Waals surface area contributed by atoms with Crippen molar-refractivity contribution >= 4 is 23.9 Å². The molecule has 10 nitrogen and oxygen atoms in total. The molecule has 0 aromatic heterocycles. The summed E-state index contributed by atoms with van der Waals surface area (Å²) >= 11 is 0. The Morgan fingerprint density at radius 2 is 1.67 bits per heavy atom. The molecule has 3 amide bonds. The summed E-state index contributed by atoms with van der Waals surface area (Å²) in [6, 6.07) is 7.43. The molecule has 0 bridgehead atoms. The molecule has 1 aromatic carbocycles. The topological polar surface area (TPSA) is 126 Å². The van der Waals surface area contributed by atoms with Gasteiger partial charge in [-0.15, -0.1) is 0 Å². The molecule has 1 saturated heterocycles. The molecule has 1 aliphatic rings. The molecule has 3 atom stereocenters. The zero-order valence-electron chi connectivity index (χ0n) is 21.9. The molecule has 0 spiro atoms. The summed E-state index contributed by atoms with van der Waals surface area (Å²) in [6.07, 6.45) is -0.156. The van der Waals surface area contributed by atoms with E-state index >= 15 is 0 Å². The number of ketones is 1. The lowest BCUT2D eigenvalue weighted by Gasteiger charge is -2.25. The van der Waals surface area contributed by atoms with Crippen LogP contribution in [0.5, 0.6) is 0 Å².